The Balaban J connectivity index is 2.42. The molecule has 0 saturated heterocycles. The van der Waals surface area contributed by atoms with Gasteiger partial charge in [-0.15, -0.1) is 11.3 Å². The summed E-state index contributed by atoms with van der Waals surface area (Å²) in [7, 11) is 0. The third-order valence-electron chi connectivity index (χ3n) is 2.49. The van der Waals surface area contributed by atoms with Crippen molar-refractivity contribution >= 4 is 11.3 Å². The fourth-order valence-electron chi connectivity index (χ4n) is 1.65. The molecule has 2 aromatic rings. The van der Waals surface area contributed by atoms with Crippen LogP contribution in [0.2, 0.25) is 0 Å². The standard InChI is InChI=1S/C12H17N3S/c1-8(2)12-14-9(5-6-13)11(15-12)10-4-3-7-16-10/h3-4,7-8H,5-6,13H2,1-2H3,(H,14,15). The summed E-state index contributed by atoms with van der Waals surface area (Å²) in [6.07, 6.45) is 0.854. The van der Waals surface area contributed by atoms with Crippen molar-refractivity contribution < 1.29 is 0 Å². The van der Waals surface area contributed by atoms with Crippen LogP contribution in [0.3, 0.4) is 0 Å². The molecule has 0 atom stereocenters. The zero-order valence-electron chi connectivity index (χ0n) is 9.66. The summed E-state index contributed by atoms with van der Waals surface area (Å²) in [5.74, 6) is 1.47. The third kappa shape index (κ3) is 2.18. The van der Waals surface area contributed by atoms with E-state index in [2.05, 4.69) is 41.3 Å². The number of thiophene rings is 1. The molecule has 0 fully saturated rings. The molecule has 0 spiro atoms. The fourth-order valence-corrected chi connectivity index (χ4v) is 2.39. The zero-order valence-corrected chi connectivity index (χ0v) is 10.5. The molecule has 0 aliphatic carbocycles. The minimum atomic E-state index is 0.422. The first kappa shape index (κ1) is 11.4. The first-order chi connectivity index (χ1) is 7.72. The van der Waals surface area contributed by atoms with E-state index in [1.807, 2.05) is 0 Å². The number of nitrogens with zero attached hydrogens (tertiary/aromatic N) is 1. The highest BCUT2D eigenvalue weighted by Gasteiger charge is 2.13. The maximum Gasteiger partial charge on any atom is 0.109 e. The first-order valence-corrected chi connectivity index (χ1v) is 6.43. The molecule has 0 aliphatic heterocycles. The van der Waals surface area contributed by atoms with Crippen LogP contribution in [0.15, 0.2) is 17.5 Å². The minimum absolute atomic E-state index is 0.422. The van der Waals surface area contributed by atoms with Crippen LogP contribution in [0.5, 0.6) is 0 Å². The molecule has 86 valence electrons. The molecule has 3 N–H and O–H groups in total. The van der Waals surface area contributed by atoms with Crippen LogP contribution >= 0.6 is 11.3 Å². The molecular formula is C12H17N3S. The highest BCUT2D eigenvalue weighted by molar-refractivity contribution is 7.13. The van der Waals surface area contributed by atoms with Gasteiger partial charge in [-0.1, -0.05) is 19.9 Å². The van der Waals surface area contributed by atoms with Crippen LogP contribution in [0.4, 0.5) is 0 Å². The van der Waals surface area contributed by atoms with Crippen molar-refractivity contribution in [2.45, 2.75) is 26.2 Å². The Hall–Kier alpha value is -1.13. The number of H-pyrrole nitrogens is 1. The monoisotopic (exact) mass is 235 g/mol. The lowest BCUT2D eigenvalue weighted by atomic mass is 10.2. The van der Waals surface area contributed by atoms with Gasteiger partial charge in [0.2, 0.25) is 0 Å². The SMILES string of the molecule is CC(C)c1nc(-c2cccs2)c(CCN)[nH]1. The molecule has 0 amide bonds. The van der Waals surface area contributed by atoms with Crippen molar-refractivity contribution in [3.8, 4) is 10.6 Å². The van der Waals surface area contributed by atoms with E-state index in [-0.39, 0.29) is 0 Å². The van der Waals surface area contributed by atoms with Gasteiger partial charge in [0.15, 0.2) is 0 Å². The second-order valence-corrected chi connectivity index (χ2v) is 5.07. The molecule has 0 bridgehead atoms. The molecular weight excluding hydrogens is 218 g/mol. The molecule has 3 nitrogen and oxygen atoms in total. The molecule has 0 aliphatic rings. The predicted molar refractivity (Wildman–Crippen MR) is 68.7 cm³/mol. The summed E-state index contributed by atoms with van der Waals surface area (Å²) >= 11 is 1.72. The van der Waals surface area contributed by atoms with E-state index in [0.717, 1.165) is 23.6 Å². The number of rotatable bonds is 4. The average Bonchev–Trinajstić information content (AvgIpc) is 2.84. The lowest BCUT2D eigenvalue weighted by Gasteiger charge is -1.97. The van der Waals surface area contributed by atoms with Gasteiger partial charge in [-0.25, -0.2) is 4.98 Å². The van der Waals surface area contributed by atoms with Crippen LogP contribution in [-0.2, 0) is 6.42 Å². The van der Waals surface area contributed by atoms with Crippen LogP contribution in [0.25, 0.3) is 10.6 Å². The Bertz CT molecular complexity index is 443. The summed E-state index contributed by atoms with van der Waals surface area (Å²) in [6.45, 7) is 4.94. The maximum atomic E-state index is 5.62. The highest BCUT2D eigenvalue weighted by Crippen LogP contribution is 2.28. The first-order valence-electron chi connectivity index (χ1n) is 5.55. The summed E-state index contributed by atoms with van der Waals surface area (Å²) in [6, 6.07) is 4.15. The van der Waals surface area contributed by atoms with Crippen molar-refractivity contribution in [3.05, 3.63) is 29.0 Å². The van der Waals surface area contributed by atoms with E-state index in [4.69, 9.17) is 5.73 Å². The van der Waals surface area contributed by atoms with Gasteiger partial charge in [0.25, 0.3) is 0 Å². The van der Waals surface area contributed by atoms with E-state index >= 15 is 0 Å². The van der Waals surface area contributed by atoms with Crippen molar-refractivity contribution in [1.82, 2.24) is 9.97 Å². The number of nitrogens with two attached hydrogens (primary N) is 1. The van der Waals surface area contributed by atoms with Crippen LogP contribution in [0.1, 0.15) is 31.3 Å². The number of imidazole rings is 1. The van der Waals surface area contributed by atoms with Gasteiger partial charge in [-0.3, -0.25) is 0 Å². The Morgan fingerprint density at radius 3 is 2.88 bits per heavy atom. The van der Waals surface area contributed by atoms with Gasteiger partial charge < -0.3 is 10.7 Å². The van der Waals surface area contributed by atoms with E-state index in [1.165, 1.54) is 4.88 Å². The Labute approximate surface area is 99.7 Å². The maximum absolute atomic E-state index is 5.62. The van der Waals surface area contributed by atoms with Crippen molar-refractivity contribution in [1.29, 1.82) is 0 Å². The average molecular weight is 235 g/mol. The number of aromatic nitrogens is 2. The fraction of sp³-hybridized carbons (Fsp3) is 0.417. The van der Waals surface area contributed by atoms with Gasteiger partial charge in [0.05, 0.1) is 4.88 Å². The van der Waals surface area contributed by atoms with Crippen molar-refractivity contribution in [2.24, 2.45) is 5.73 Å². The molecule has 0 saturated carbocycles. The van der Waals surface area contributed by atoms with Gasteiger partial charge in [0, 0.05) is 18.0 Å². The lowest BCUT2D eigenvalue weighted by Crippen LogP contribution is -2.04. The number of aromatic amines is 1. The summed E-state index contributed by atoms with van der Waals surface area (Å²) in [5.41, 5.74) is 7.86. The normalized spacial score (nSPS) is 11.2. The molecule has 2 aromatic heterocycles. The summed E-state index contributed by atoms with van der Waals surface area (Å²) in [4.78, 5) is 9.27. The molecule has 16 heavy (non-hydrogen) atoms. The molecule has 0 radical (unpaired) electrons. The summed E-state index contributed by atoms with van der Waals surface area (Å²) < 4.78 is 0. The largest absolute Gasteiger partial charge is 0.345 e. The van der Waals surface area contributed by atoms with E-state index in [0.29, 0.717) is 12.5 Å². The van der Waals surface area contributed by atoms with Gasteiger partial charge in [-0.05, 0) is 18.0 Å². The smallest absolute Gasteiger partial charge is 0.109 e. The van der Waals surface area contributed by atoms with Gasteiger partial charge >= 0.3 is 0 Å². The Morgan fingerprint density at radius 1 is 1.50 bits per heavy atom. The van der Waals surface area contributed by atoms with E-state index in [1.54, 1.807) is 11.3 Å². The zero-order chi connectivity index (χ0) is 11.5. The lowest BCUT2D eigenvalue weighted by molar-refractivity contribution is 0.786. The van der Waals surface area contributed by atoms with Crippen LogP contribution < -0.4 is 5.73 Å². The second kappa shape index (κ2) is 4.80. The third-order valence-corrected chi connectivity index (χ3v) is 3.37. The Morgan fingerprint density at radius 2 is 2.31 bits per heavy atom. The van der Waals surface area contributed by atoms with Gasteiger partial charge in [-0.2, -0.15) is 0 Å². The number of nitrogens with one attached hydrogen (secondary N) is 1. The molecule has 2 heterocycles. The molecule has 2 rings (SSSR count). The molecule has 4 heteroatoms. The van der Waals surface area contributed by atoms with E-state index in [9.17, 15) is 0 Å². The van der Waals surface area contributed by atoms with Crippen molar-refractivity contribution in [3.63, 3.8) is 0 Å². The minimum Gasteiger partial charge on any atom is -0.345 e. The predicted octanol–water partition coefficient (Wildman–Crippen LogP) is 2.76. The molecule has 0 unspecified atom stereocenters. The quantitative estimate of drug-likeness (QED) is 0.856. The summed E-state index contributed by atoms with van der Waals surface area (Å²) in [5, 5.41) is 2.07. The topological polar surface area (TPSA) is 54.7 Å². The highest BCUT2D eigenvalue weighted by atomic mass is 32.1. The number of hydrogen-bond donors (Lipinski definition) is 2. The molecule has 0 aromatic carbocycles. The Kier molecular flexibility index (Phi) is 3.41. The number of hydrogen-bond acceptors (Lipinski definition) is 3. The van der Waals surface area contributed by atoms with Crippen molar-refractivity contribution in [2.75, 3.05) is 6.54 Å². The van der Waals surface area contributed by atoms with Gasteiger partial charge in [0.1, 0.15) is 11.5 Å². The van der Waals surface area contributed by atoms with E-state index < -0.39 is 0 Å². The second-order valence-electron chi connectivity index (χ2n) is 4.12. The van der Waals surface area contributed by atoms with Crippen LogP contribution in [-0.4, -0.2) is 16.5 Å². The van der Waals surface area contributed by atoms with Crippen LogP contribution in [0, 0.1) is 0 Å².